The number of hydrogen-bond donors (Lipinski definition) is 2. The number of hydrogen-bond acceptors (Lipinski definition) is 4. The number of nitrogens with zero attached hydrogens (tertiary/aromatic N) is 1. The molecule has 2 rings (SSSR count). The van der Waals surface area contributed by atoms with Crippen LogP contribution < -0.4 is 5.32 Å². The van der Waals surface area contributed by atoms with E-state index in [0.29, 0.717) is 6.04 Å². The van der Waals surface area contributed by atoms with Gasteiger partial charge in [0.05, 0.1) is 6.10 Å². The van der Waals surface area contributed by atoms with Crippen molar-refractivity contribution in [2.75, 3.05) is 13.1 Å². The number of thiophene rings is 1. The first-order valence-electron chi connectivity index (χ1n) is 5.85. The Morgan fingerprint density at radius 2 is 2.38 bits per heavy atom. The summed E-state index contributed by atoms with van der Waals surface area (Å²) >= 11 is 1.78. The number of β-amino-alcohol motifs (C(OH)–C–C–N with tert-alkyl or cyclic N) is 1. The van der Waals surface area contributed by atoms with Crippen molar-refractivity contribution in [2.45, 2.75) is 38.6 Å². The summed E-state index contributed by atoms with van der Waals surface area (Å²) in [6, 6.07) is 4.96. The summed E-state index contributed by atoms with van der Waals surface area (Å²) in [6.07, 6.45) is -0.234. The van der Waals surface area contributed by atoms with Gasteiger partial charge in [-0.15, -0.1) is 11.3 Å². The van der Waals surface area contributed by atoms with E-state index in [4.69, 9.17) is 0 Å². The fourth-order valence-electron chi connectivity index (χ4n) is 2.25. The van der Waals surface area contributed by atoms with Gasteiger partial charge in [0.1, 0.15) is 0 Å². The molecule has 16 heavy (non-hydrogen) atoms. The molecule has 1 fully saturated rings. The zero-order chi connectivity index (χ0) is 11.5. The third kappa shape index (κ3) is 2.63. The molecule has 1 aliphatic heterocycles. The van der Waals surface area contributed by atoms with E-state index in [1.54, 1.807) is 11.3 Å². The van der Waals surface area contributed by atoms with Gasteiger partial charge in [-0.1, -0.05) is 6.07 Å². The van der Waals surface area contributed by atoms with E-state index in [0.717, 1.165) is 19.6 Å². The van der Waals surface area contributed by atoms with E-state index in [1.807, 2.05) is 0 Å². The summed E-state index contributed by atoms with van der Waals surface area (Å²) in [5, 5.41) is 15.3. The number of aliphatic hydroxyl groups excluding tert-OH is 1. The quantitative estimate of drug-likeness (QED) is 0.832. The Morgan fingerprint density at radius 3 is 2.88 bits per heavy atom. The highest BCUT2D eigenvalue weighted by Crippen LogP contribution is 2.19. The van der Waals surface area contributed by atoms with E-state index in [1.165, 1.54) is 4.88 Å². The lowest BCUT2D eigenvalue weighted by Crippen LogP contribution is -2.46. The van der Waals surface area contributed by atoms with Gasteiger partial charge in [0, 0.05) is 36.6 Å². The standard InChI is InChI=1S/C12H20N2OS/c1-9(2)14(8-10-4-3-5-16-10)11-6-13-7-12(11)15/h3-5,9,11-13,15H,6-8H2,1-2H3. The highest BCUT2D eigenvalue weighted by atomic mass is 32.1. The van der Waals surface area contributed by atoms with Gasteiger partial charge in [-0.3, -0.25) is 4.90 Å². The molecule has 3 nitrogen and oxygen atoms in total. The van der Waals surface area contributed by atoms with Gasteiger partial charge in [-0.25, -0.2) is 0 Å². The molecule has 0 aromatic carbocycles. The maximum atomic E-state index is 9.94. The van der Waals surface area contributed by atoms with Crippen molar-refractivity contribution >= 4 is 11.3 Å². The smallest absolute Gasteiger partial charge is 0.0832 e. The first-order valence-corrected chi connectivity index (χ1v) is 6.73. The van der Waals surface area contributed by atoms with Gasteiger partial charge in [0.25, 0.3) is 0 Å². The predicted molar refractivity (Wildman–Crippen MR) is 67.7 cm³/mol. The Morgan fingerprint density at radius 1 is 1.56 bits per heavy atom. The minimum Gasteiger partial charge on any atom is -0.390 e. The molecular formula is C12H20N2OS. The molecule has 4 heteroatoms. The van der Waals surface area contributed by atoms with Crippen molar-refractivity contribution in [3.8, 4) is 0 Å². The fraction of sp³-hybridized carbons (Fsp3) is 0.667. The second kappa shape index (κ2) is 5.27. The van der Waals surface area contributed by atoms with Gasteiger partial charge < -0.3 is 10.4 Å². The minimum atomic E-state index is -0.234. The number of rotatable bonds is 4. The Hall–Kier alpha value is -0.420. The van der Waals surface area contributed by atoms with Crippen molar-refractivity contribution in [1.29, 1.82) is 0 Å². The van der Waals surface area contributed by atoms with Crippen molar-refractivity contribution in [3.05, 3.63) is 22.4 Å². The lowest BCUT2D eigenvalue weighted by atomic mass is 10.1. The van der Waals surface area contributed by atoms with Crippen LogP contribution in [0, 0.1) is 0 Å². The molecule has 1 aromatic rings. The Bertz CT molecular complexity index is 313. The van der Waals surface area contributed by atoms with Gasteiger partial charge in [-0.05, 0) is 25.3 Å². The average molecular weight is 240 g/mol. The first-order chi connectivity index (χ1) is 7.68. The molecule has 0 spiro atoms. The van der Waals surface area contributed by atoms with Crippen LogP contribution in [-0.2, 0) is 6.54 Å². The zero-order valence-corrected chi connectivity index (χ0v) is 10.7. The van der Waals surface area contributed by atoms with Crippen molar-refractivity contribution < 1.29 is 5.11 Å². The largest absolute Gasteiger partial charge is 0.390 e. The monoisotopic (exact) mass is 240 g/mol. The molecule has 0 saturated carbocycles. The van der Waals surface area contributed by atoms with Crippen LogP contribution in [-0.4, -0.2) is 41.3 Å². The van der Waals surface area contributed by atoms with Gasteiger partial charge in [0.15, 0.2) is 0 Å². The molecule has 1 aromatic heterocycles. The second-order valence-electron chi connectivity index (χ2n) is 4.64. The van der Waals surface area contributed by atoms with Crippen molar-refractivity contribution in [1.82, 2.24) is 10.2 Å². The molecule has 0 aliphatic carbocycles. The fourth-order valence-corrected chi connectivity index (χ4v) is 2.97. The molecule has 1 saturated heterocycles. The van der Waals surface area contributed by atoms with Crippen LogP contribution in [0.15, 0.2) is 17.5 Å². The Labute approximate surface area is 101 Å². The topological polar surface area (TPSA) is 35.5 Å². The lowest BCUT2D eigenvalue weighted by Gasteiger charge is -2.33. The first kappa shape index (κ1) is 12.0. The summed E-state index contributed by atoms with van der Waals surface area (Å²) in [5.74, 6) is 0. The summed E-state index contributed by atoms with van der Waals surface area (Å²) in [5.41, 5.74) is 0. The minimum absolute atomic E-state index is 0.234. The van der Waals surface area contributed by atoms with Crippen LogP contribution in [0.25, 0.3) is 0 Å². The number of nitrogens with one attached hydrogen (secondary N) is 1. The molecule has 90 valence electrons. The third-order valence-electron chi connectivity index (χ3n) is 3.16. The predicted octanol–water partition coefficient (Wildman–Crippen LogP) is 1.29. The van der Waals surface area contributed by atoms with Crippen LogP contribution in [0.3, 0.4) is 0 Å². The SMILES string of the molecule is CC(C)N(Cc1cccs1)C1CNCC1O. The van der Waals surface area contributed by atoms with Crippen LogP contribution in [0.4, 0.5) is 0 Å². The summed E-state index contributed by atoms with van der Waals surface area (Å²) in [7, 11) is 0. The summed E-state index contributed by atoms with van der Waals surface area (Å²) in [6.45, 7) is 6.94. The van der Waals surface area contributed by atoms with Crippen molar-refractivity contribution in [3.63, 3.8) is 0 Å². The van der Waals surface area contributed by atoms with Crippen LogP contribution >= 0.6 is 11.3 Å². The highest BCUT2D eigenvalue weighted by molar-refractivity contribution is 7.09. The molecule has 0 radical (unpaired) electrons. The molecule has 2 atom stereocenters. The number of aliphatic hydroxyl groups is 1. The Kier molecular flexibility index (Phi) is 3.97. The zero-order valence-electron chi connectivity index (χ0n) is 9.89. The normalized spacial score (nSPS) is 25.8. The molecule has 1 aliphatic rings. The maximum absolute atomic E-state index is 9.94. The van der Waals surface area contributed by atoms with Gasteiger partial charge in [0.2, 0.25) is 0 Å². The van der Waals surface area contributed by atoms with E-state index in [9.17, 15) is 5.11 Å². The van der Waals surface area contributed by atoms with Gasteiger partial charge in [-0.2, -0.15) is 0 Å². The van der Waals surface area contributed by atoms with Crippen LogP contribution in [0.2, 0.25) is 0 Å². The maximum Gasteiger partial charge on any atom is 0.0832 e. The van der Waals surface area contributed by atoms with Crippen LogP contribution in [0.1, 0.15) is 18.7 Å². The lowest BCUT2D eigenvalue weighted by molar-refractivity contribution is 0.0585. The van der Waals surface area contributed by atoms with E-state index >= 15 is 0 Å². The molecule has 2 unspecified atom stereocenters. The molecule has 0 bridgehead atoms. The van der Waals surface area contributed by atoms with Crippen molar-refractivity contribution in [2.24, 2.45) is 0 Å². The molecular weight excluding hydrogens is 220 g/mol. The van der Waals surface area contributed by atoms with Gasteiger partial charge >= 0.3 is 0 Å². The Balaban J connectivity index is 2.05. The molecule has 2 heterocycles. The molecule has 2 N–H and O–H groups in total. The molecule has 0 amide bonds. The van der Waals surface area contributed by atoms with E-state index in [2.05, 4.69) is 41.6 Å². The second-order valence-corrected chi connectivity index (χ2v) is 5.67. The third-order valence-corrected chi connectivity index (χ3v) is 4.02. The van der Waals surface area contributed by atoms with E-state index < -0.39 is 0 Å². The average Bonchev–Trinajstić information content (AvgIpc) is 2.85. The van der Waals surface area contributed by atoms with E-state index in [-0.39, 0.29) is 12.1 Å². The highest BCUT2D eigenvalue weighted by Gasteiger charge is 2.31. The summed E-state index contributed by atoms with van der Waals surface area (Å²) < 4.78 is 0. The summed E-state index contributed by atoms with van der Waals surface area (Å²) in [4.78, 5) is 3.75. The van der Waals surface area contributed by atoms with Crippen LogP contribution in [0.5, 0.6) is 0 Å².